The summed E-state index contributed by atoms with van der Waals surface area (Å²) in [6, 6.07) is 14.6. The van der Waals surface area contributed by atoms with Gasteiger partial charge in [-0.15, -0.1) is 0 Å². The van der Waals surface area contributed by atoms with Crippen molar-refractivity contribution in [3.8, 4) is 11.1 Å². The molecule has 0 fully saturated rings. The van der Waals surface area contributed by atoms with E-state index in [1.54, 1.807) is 52.9 Å². The summed E-state index contributed by atoms with van der Waals surface area (Å²) in [6.45, 7) is 3.11. The van der Waals surface area contributed by atoms with Crippen molar-refractivity contribution in [1.82, 2.24) is 9.55 Å². The number of hydrogen-bond acceptors (Lipinski definition) is 5. The number of carbonyl (C=O) groups excluding carboxylic acids is 1. The Balaban J connectivity index is 1.71. The molecule has 0 aliphatic carbocycles. The second kappa shape index (κ2) is 11.6. The lowest BCUT2D eigenvalue weighted by atomic mass is 10.0. The molecule has 4 rings (SSSR count). The molecule has 2 amide bonds. The molecular weight excluding hydrogens is 545 g/mol. The largest absolute Gasteiger partial charge is 0.369 e. The van der Waals surface area contributed by atoms with E-state index >= 15 is 0 Å². The molecule has 186 valence electrons. The highest BCUT2D eigenvalue weighted by Gasteiger charge is 2.17. The number of pyridine rings is 2. The topological polar surface area (TPSA) is 88.1 Å². The van der Waals surface area contributed by atoms with E-state index in [4.69, 9.17) is 0 Å². The number of halogens is 2. The molecule has 0 atom stereocenters. The van der Waals surface area contributed by atoms with Crippen LogP contribution >= 0.6 is 27.7 Å². The first-order valence-corrected chi connectivity index (χ1v) is 13.5. The SMILES string of the molecule is CCn1c(=O)c(-c2cc(NC(=O)Nc3ccccc3)c(F)cc2Br)cc2cnc(NCCSC)cc21. The van der Waals surface area contributed by atoms with Gasteiger partial charge in [0.15, 0.2) is 0 Å². The molecule has 0 spiro atoms. The number of urea groups is 1. The summed E-state index contributed by atoms with van der Waals surface area (Å²) in [6.07, 6.45) is 3.76. The first kappa shape index (κ1) is 25.7. The number of nitrogens with zero attached hydrogens (tertiary/aromatic N) is 2. The third-order valence-electron chi connectivity index (χ3n) is 5.53. The van der Waals surface area contributed by atoms with Crippen LogP contribution in [0.4, 0.5) is 26.4 Å². The van der Waals surface area contributed by atoms with E-state index in [1.165, 1.54) is 12.1 Å². The maximum absolute atomic E-state index is 14.7. The van der Waals surface area contributed by atoms with Crippen molar-refractivity contribution >= 4 is 61.8 Å². The second-order valence-corrected chi connectivity index (χ2v) is 9.75. The van der Waals surface area contributed by atoms with E-state index in [9.17, 15) is 14.0 Å². The number of amides is 2. The lowest BCUT2D eigenvalue weighted by molar-refractivity contribution is 0.262. The normalized spacial score (nSPS) is 10.9. The fourth-order valence-electron chi connectivity index (χ4n) is 3.81. The molecule has 0 bridgehead atoms. The summed E-state index contributed by atoms with van der Waals surface area (Å²) in [5.74, 6) is 1.01. The van der Waals surface area contributed by atoms with Crippen molar-refractivity contribution in [2.75, 3.05) is 34.5 Å². The molecular formula is C26H25BrFN5O2S. The number of rotatable bonds is 8. The van der Waals surface area contributed by atoms with Gasteiger partial charge in [0.2, 0.25) is 0 Å². The van der Waals surface area contributed by atoms with Gasteiger partial charge < -0.3 is 20.5 Å². The summed E-state index contributed by atoms with van der Waals surface area (Å²) in [5.41, 5.74) is 1.89. The summed E-state index contributed by atoms with van der Waals surface area (Å²) >= 11 is 5.12. The first-order valence-electron chi connectivity index (χ1n) is 11.3. The highest BCUT2D eigenvalue weighted by atomic mass is 79.9. The van der Waals surface area contributed by atoms with Crippen LogP contribution in [-0.2, 0) is 6.54 Å². The van der Waals surface area contributed by atoms with Gasteiger partial charge in [0.25, 0.3) is 5.56 Å². The molecule has 10 heteroatoms. The Bertz CT molecular complexity index is 1460. The predicted molar refractivity (Wildman–Crippen MR) is 151 cm³/mol. The van der Waals surface area contributed by atoms with Gasteiger partial charge in [-0.25, -0.2) is 14.2 Å². The van der Waals surface area contributed by atoms with Gasteiger partial charge in [0.1, 0.15) is 11.6 Å². The van der Waals surface area contributed by atoms with Crippen LogP contribution in [0.25, 0.3) is 22.0 Å². The number of fused-ring (bicyclic) bond motifs is 1. The standard InChI is InChI=1S/C26H25BrFN5O2S/c1-3-33-23-14-24(29-9-10-36-2)30-15-16(23)11-19(25(33)34)18-12-22(21(28)13-20(18)27)32-26(35)31-17-7-5-4-6-8-17/h4-8,11-15H,3,9-10H2,1-2H3,(H,29,30)(H2,31,32,35). The lowest BCUT2D eigenvalue weighted by Crippen LogP contribution is -2.22. The molecule has 3 N–H and O–H groups in total. The van der Waals surface area contributed by atoms with Crippen LogP contribution in [0.3, 0.4) is 0 Å². The average Bonchev–Trinajstić information content (AvgIpc) is 2.86. The number of aryl methyl sites for hydroxylation is 1. The van der Waals surface area contributed by atoms with Gasteiger partial charge in [-0.3, -0.25) is 4.79 Å². The molecule has 36 heavy (non-hydrogen) atoms. The third-order valence-corrected chi connectivity index (χ3v) is 6.80. The third kappa shape index (κ3) is 5.71. The van der Waals surface area contributed by atoms with Crippen molar-refractivity contribution in [1.29, 1.82) is 0 Å². The van der Waals surface area contributed by atoms with Gasteiger partial charge >= 0.3 is 6.03 Å². The van der Waals surface area contributed by atoms with E-state index in [-0.39, 0.29) is 11.2 Å². The van der Waals surface area contributed by atoms with E-state index in [0.717, 1.165) is 23.2 Å². The van der Waals surface area contributed by atoms with Crippen LogP contribution in [0.15, 0.2) is 70.1 Å². The number of nitrogens with one attached hydrogen (secondary N) is 3. The molecule has 0 aliphatic heterocycles. The van der Waals surface area contributed by atoms with Crippen molar-refractivity contribution < 1.29 is 9.18 Å². The Morgan fingerprint density at radius 3 is 2.61 bits per heavy atom. The molecule has 0 unspecified atom stereocenters. The minimum Gasteiger partial charge on any atom is -0.369 e. The zero-order chi connectivity index (χ0) is 25.7. The van der Waals surface area contributed by atoms with E-state index in [0.29, 0.717) is 33.6 Å². The zero-order valence-electron chi connectivity index (χ0n) is 19.8. The summed E-state index contributed by atoms with van der Waals surface area (Å²) in [7, 11) is 0. The monoisotopic (exact) mass is 569 g/mol. The predicted octanol–water partition coefficient (Wildman–Crippen LogP) is 6.40. The Kier molecular flexibility index (Phi) is 8.27. The Labute approximate surface area is 220 Å². The summed E-state index contributed by atoms with van der Waals surface area (Å²) in [4.78, 5) is 30.4. The molecule has 2 aromatic heterocycles. The van der Waals surface area contributed by atoms with Gasteiger partial charge in [0, 0.05) is 57.8 Å². The fraction of sp³-hybridized carbons (Fsp3) is 0.192. The van der Waals surface area contributed by atoms with E-state index in [2.05, 4.69) is 36.9 Å². The summed E-state index contributed by atoms with van der Waals surface area (Å²) in [5, 5.41) is 9.24. The highest BCUT2D eigenvalue weighted by molar-refractivity contribution is 9.10. The van der Waals surface area contributed by atoms with Gasteiger partial charge in [-0.2, -0.15) is 11.8 Å². The molecule has 7 nitrogen and oxygen atoms in total. The van der Waals surface area contributed by atoms with Crippen molar-refractivity contribution in [2.24, 2.45) is 0 Å². The number of anilines is 3. The van der Waals surface area contributed by atoms with Gasteiger partial charge in [-0.05, 0) is 43.5 Å². The Hall–Kier alpha value is -3.37. The second-order valence-electron chi connectivity index (χ2n) is 7.91. The number of benzene rings is 2. The fourth-order valence-corrected chi connectivity index (χ4v) is 4.65. The maximum atomic E-state index is 14.7. The molecule has 0 aliphatic rings. The number of hydrogen-bond donors (Lipinski definition) is 3. The Morgan fingerprint density at radius 2 is 1.89 bits per heavy atom. The maximum Gasteiger partial charge on any atom is 0.323 e. The smallest absolute Gasteiger partial charge is 0.323 e. The minimum atomic E-state index is -0.631. The molecule has 2 aromatic carbocycles. The van der Waals surface area contributed by atoms with Crippen LogP contribution < -0.4 is 21.5 Å². The summed E-state index contributed by atoms with van der Waals surface area (Å²) < 4.78 is 16.8. The van der Waals surface area contributed by atoms with E-state index in [1.807, 2.05) is 25.3 Å². The first-order chi connectivity index (χ1) is 17.4. The quantitative estimate of drug-likeness (QED) is 0.213. The highest BCUT2D eigenvalue weighted by Crippen LogP contribution is 2.33. The van der Waals surface area contributed by atoms with Gasteiger partial charge in [0.05, 0.1) is 11.2 Å². The number of para-hydroxylation sites is 1. The van der Waals surface area contributed by atoms with Crippen LogP contribution in [-0.4, -0.2) is 34.1 Å². The molecule has 4 aromatic rings. The molecule has 0 radical (unpaired) electrons. The van der Waals surface area contributed by atoms with Crippen LogP contribution in [0.1, 0.15) is 6.92 Å². The molecule has 0 saturated carbocycles. The number of aromatic nitrogens is 2. The van der Waals surface area contributed by atoms with Crippen LogP contribution in [0.5, 0.6) is 0 Å². The molecule has 2 heterocycles. The van der Waals surface area contributed by atoms with Crippen molar-refractivity contribution in [3.05, 3.63) is 81.4 Å². The van der Waals surface area contributed by atoms with Crippen LogP contribution in [0, 0.1) is 5.82 Å². The van der Waals surface area contributed by atoms with E-state index < -0.39 is 11.8 Å². The lowest BCUT2D eigenvalue weighted by Gasteiger charge is -2.15. The van der Waals surface area contributed by atoms with Crippen molar-refractivity contribution in [3.63, 3.8) is 0 Å². The number of carbonyl (C=O) groups is 1. The van der Waals surface area contributed by atoms with Crippen molar-refractivity contribution in [2.45, 2.75) is 13.5 Å². The number of thioether (sulfide) groups is 1. The van der Waals surface area contributed by atoms with Crippen LogP contribution in [0.2, 0.25) is 0 Å². The van der Waals surface area contributed by atoms with Gasteiger partial charge in [-0.1, -0.05) is 34.1 Å². The zero-order valence-corrected chi connectivity index (χ0v) is 22.2. The minimum absolute atomic E-state index is 0.0457. The molecule has 0 saturated heterocycles. The average molecular weight is 570 g/mol. The Morgan fingerprint density at radius 1 is 1.11 bits per heavy atom.